The fourth-order valence-corrected chi connectivity index (χ4v) is 4.73. The molecule has 1 fully saturated rings. The number of piperazine rings is 1. The van der Waals surface area contributed by atoms with Gasteiger partial charge in [0.15, 0.2) is 0 Å². The highest BCUT2D eigenvalue weighted by Gasteiger charge is 2.21. The van der Waals surface area contributed by atoms with Crippen LogP contribution in [0.2, 0.25) is 0 Å². The van der Waals surface area contributed by atoms with Crippen molar-refractivity contribution in [2.24, 2.45) is 0 Å². The van der Waals surface area contributed by atoms with Crippen LogP contribution in [0.3, 0.4) is 0 Å². The molecular weight excluding hydrogens is 402 g/mol. The minimum atomic E-state index is -0.147. The van der Waals surface area contributed by atoms with Crippen molar-refractivity contribution in [2.45, 2.75) is 25.8 Å². The third kappa shape index (κ3) is 4.79. The number of aromatic amines is 1. The lowest BCUT2D eigenvalue weighted by molar-refractivity contribution is 0.236. The predicted molar refractivity (Wildman–Crippen MR) is 128 cm³/mol. The zero-order chi connectivity index (χ0) is 21.8. The summed E-state index contributed by atoms with van der Waals surface area (Å²) >= 11 is 0. The normalized spacial score (nSPS) is 16.8. The van der Waals surface area contributed by atoms with Crippen molar-refractivity contribution in [2.75, 3.05) is 50.8 Å². The van der Waals surface area contributed by atoms with Gasteiger partial charge in [0, 0.05) is 55.9 Å². The number of pyridine rings is 2. The molecule has 3 aromatic rings. The smallest absolute Gasteiger partial charge is 0.249 e. The van der Waals surface area contributed by atoms with Crippen molar-refractivity contribution in [1.29, 1.82) is 0 Å². The van der Waals surface area contributed by atoms with Crippen LogP contribution in [0, 0.1) is 0 Å². The number of rotatable bonds is 7. The fourth-order valence-electron chi connectivity index (χ4n) is 4.73. The molecule has 7 heteroatoms. The van der Waals surface area contributed by atoms with E-state index < -0.39 is 0 Å². The van der Waals surface area contributed by atoms with Crippen LogP contribution >= 0.6 is 0 Å². The summed E-state index contributed by atoms with van der Waals surface area (Å²) in [6.45, 7) is 8.24. The number of aromatic nitrogens is 2. The van der Waals surface area contributed by atoms with Gasteiger partial charge in [0.1, 0.15) is 5.65 Å². The Hall–Kier alpha value is -2.90. The molecule has 1 saturated heterocycles. The third-order valence-corrected chi connectivity index (χ3v) is 6.50. The maximum absolute atomic E-state index is 11.5. The number of nitrogens with zero attached hydrogens (tertiary/aromatic N) is 3. The molecule has 0 atom stereocenters. The molecule has 5 rings (SSSR count). The van der Waals surface area contributed by atoms with Crippen LogP contribution in [-0.4, -0.2) is 60.7 Å². The summed E-state index contributed by atoms with van der Waals surface area (Å²) in [7, 11) is 0. The Balaban J connectivity index is 1.05. The van der Waals surface area contributed by atoms with E-state index in [-0.39, 0.29) is 5.56 Å². The Bertz CT molecular complexity index is 1120. The number of fused-ring (bicyclic) bond motifs is 2. The van der Waals surface area contributed by atoms with Crippen molar-refractivity contribution < 1.29 is 4.74 Å². The summed E-state index contributed by atoms with van der Waals surface area (Å²) in [4.78, 5) is 23.7. The maximum atomic E-state index is 11.5. The number of H-pyrrole nitrogens is 1. The van der Waals surface area contributed by atoms with Gasteiger partial charge in [-0.1, -0.05) is 12.1 Å². The van der Waals surface area contributed by atoms with Gasteiger partial charge in [-0.15, -0.1) is 0 Å². The first-order valence-electron chi connectivity index (χ1n) is 11.7. The Labute approximate surface area is 188 Å². The Morgan fingerprint density at radius 3 is 2.78 bits per heavy atom. The maximum Gasteiger partial charge on any atom is 0.249 e. The number of ether oxygens (including phenoxy) is 1. The number of unbranched alkanes of at least 4 members (excludes halogenated alkanes) is 1. The minimum absolute atomic E-state index is 0.147. The molecule has 2 aliphatic rings. The first-order valence-corrected chi connectivity index (χ1v) is 11.7. The molecule has 2 aromatic heterocycles. The van der Waals surface area contributed by atoms with Crippen molar-refractivity contribution in [3.63, 3.8) is 0 Å². The van der Waals surface area contributed by atoms with E-state index in [1.807, 2.05) is 12.1 Å². The van der Waals surface area contributed by atoms with Crippen LogP contribution in [0.4, 0.5) is 5.69 Å². The van der Waals surface area contributed by atoms with Crippen molar-refractivity contribution in [3.8, 4) is 5.88 Å². The zero-order valence-electron chi connectivity index (χ0n) is 18.5. The molecule has 0 amide bonds. The highest BCUT2D eigenvalue weighted by atomic mass is 16.5. The molecule has 0 bridgehead atoms. The molecule has 4 heterocycles. The van der Waals surface area contributed by atoms with Gasteiger partial charge in [0.05, 0.1) is 6.61 Å². The molecule has 0 saturated carbocycles. The fraction of sp³-hybridized carbons (Fsp3) is 0.440. The number of anilines is 1. The standard InChI is InChI=1S/C25H31N5O2/c31-23-8-6-19-7-9-24(28-25(19)27-23)32-17-2-1-12-29-13-15-30(16-14-29)22-5-3-4-20-18-26-11-10-21(20)22/h3-9,26H,1-2,10-18H2,(H,27,28,31). The lowest BCUT2D eigenvalue weighted by Gasteiger charge is -2.38. The predicted octanol–water partition coefficient (Wildman–Crippen LogP) is 2.55. The average molecular weight is 434 g/mol. The lowest BCUT2D eigenvalue weighted by atomic mass is 9.98. The van der Waals surface area contributed by atoms with Gasteiger partial charge >= 0.3 is 0 Å². The molecule has 2 aliphatic heterocycles. The summed E-state index contributed by atoms with van der Waals surface area (Å²) in [5, 5.41) is 4.38. The van der Waals surface area contributed by atoms with Gasteiger partial charge in [0.2, 0.25) is 11.4 Å². The molecule has 0 radical (unpaired) electrons. The van der Waals surface area contributed by atoms with E-state index in [1.54, 1.807) is 11.6 Å². The van der Waals surface area contributed by atoms with Crippen molar-refractivity contribution >= 4 is 16.7 Å². The van der Waals surface area contributed by atoms with Gasteiger partial charge < -0.3 is 19.9 Å². The second kappa shape index (κ2) is 9.71. The van der Waals surface area contributed by atoms with E-state index in [4.69, 9.17) is 4.74 Å². The number of hydrogen-bond acceptors (Lipinski definition) is 6. The molecule has 0 aliphatic carbocycles. The summed E-state index contributed by atoms with van der Waals surface area (Å²) in [6, 6.07) is 13.8. The third-order valence-electron chi connectivity index (χ3n) is 6.50. The molecule has 2 N–H and O–H groups in total. The lowest BCUT2D eigenvalue weighted by Crippen LogP contribution is -2.47. The van der Waals surface area contributed by atoms with Gasteiger partial charge in [-0.2, -0.15) is 4.98 Å². The van der Waals surface area contributed by atoms with Gasteiger partial charge in [-0.25, -0.2) is 0 Å². The van der Waals surface area contributed by atoms with Crippen LogP contribution in [0.25, 0.3) is 11.0 Å². The molecular formula is C25H31N5O2. The molecule has 0 unspecified atom stereocenters. The number of benzene rings is 1. The topological polar surface area (TPSA) is 73.5 Å². The first-order chi connectivity index (χ1) is 15.8. The summed E-state index contributed by atoms with van der Waals surface area (Å²) in [5.74, 6) is 0.564. The van der Waals surface area contributed by atoms with Crippen LogP contribution in [0.5, 0.6) is 5.88 Å². The summed E-state index contributed by atoms with van der Waals surface area (Å²) in [5.41, 5.74) is 4.88. The Morgan fingerprint density at radius 1 is 1.00 bits per heavy atom. The summed E-state index contributed by atoms with van der Waals surface area (Å²) in [6.07, 6.45) is 3.23. The van der Waals surface area contributed by atoms with Crippen LogP contribution in [0.1, 0.15) is 24.0 Å². The second-order valence-electron chi connectivity index (χ2n) is 8.64. The molecule has 7 nitrogen and oxygen atoms in total. The summed E-state index contributed by atoms with van der Waals surface area (Å²) < 4.78 is 5.81. The number of hydrogen-bond donors (Lipinski definition) is 2. The Kier molecular flexibility index (Phi) is 6.36. The molecule has 32 heavy (non-hydrogen) atoms. The van der Waals surface area contributed by atoms with E-state index in [0.717, 1.165) is 70.5 Å². The van der Waals surface area contributed by atoms with E-state index in [9.17, 15) is 4.79 Å². The van der Waals surface area contributed by atoms with E-state index in [2.05, 4.69) is 43.3 Å². The molecule has 168 valence electrons. The average Bonchev–Trinajstić information content (AvgIpc) is 2.83. The van der Waals surface area contributed by atoms with Crippen molar-refractivity contribution in [1.82, 2.24) is 20.2 Å². The van der Waals surface area contributed by atoms with E-state index in [1.165, 1.54) is 17.3 Å². The highest BCUT2D eigenvalue weighted by Crippen LogP contribution is 2.27. The zero-order valence-corrected chi connectivity index (χ0v) is 18.5. The van der Waals surface area contributed by atoms with Gasteiger partial charge in [0.25, 0.3) is 0 Å². The minimum Gasteiger partial charge on any atom is -0.478 e. The van der Waals surface area contributed by atoms with Crippen LogP contribution < -0.4 is 20.5 Å². The van der Waals surface area contributed by atoms with Crippen LogP contribution in [0.15, 0.2) is 47.3 Å². The van der Waals surface area contributed by atoms with Crippen molar-refractivity contribution in [3.05, 3.63) is 63.9 Å². The highest BCUT2D eigenvalue weighted by molar-refractivity contribution is 5.74. The van der Waals surface area contributed by atoms with Gasteiger partial charge in [-0.05, 0) is 61.7 Å². The van der Waals surface area contributed by atoms with E-state index >= 15 is 0 Å². The Morgan fingerprint density at radius 2 is 1.88 bits per heavy atom. The molecule has 0 spiro atoms. The second-order valence-corrected chi connectivity index (χ2v) is 8.64. The monoisotopic (exact) mass is 433 g/mol. The van der Waals surface area contributed by atoms with E-state index in [0.29, 0.717) is 18.1 Å². The number of nitrogens with one attached hydrogen (secondary N) is 2. The van der Waals surface area contributed by atoms with Gasteiger partial charge in [-0.3, -0.25) is 9.69 Å². The van der Waals surface area contributed by atoms with Crippen LogP contribution in [-0.2, 0) is 13.0 Å². The molecule has 1 aromatic carbocycles. The largest absolute Gasteiger partial charge is 0.478 e. The first kappa shape index (κ1) is 21.0. The SMILES string of the molecule is O=c1ccc2ccc(OCCCCN3CCN(c4cccc5c4CCNC5)CC3)nc2[nH]1. The quantitative estimate of drug-likeness (QED) is 0.558.